The standard InChI is InChI=1S/C25H32F3N3O/c1-25(27,28)19-10-7-17(8-11-19)15-31(20-12-13-20)24-23(26)21(29-16-30-24)14-9-18-5-3-4-6-22(18)32-2/h7-8,10-11,16,18,20,22H,3-6,9,12-15H2,1-2H3. The van der Waals surface area contributed by atoms with E-state index < -0.39 is 5.92 Å². The van der Waals surface area contributed by atoms with Gasteiger partial charge in [-0.15, -0.1) is 0 Å². The van der Waals surface area contributed by atoms with Crippen LogP contribution in [0.5, 0.6) is 0 Å². The molecule has 0 amide bonds. The third kappa shape index (κ3) is 5.42. The zero-order chi connectivity index (χ0) is 22.7. The van der Waals surface area contributed by atoms with Crippen molar-refractivity contribution in [3.8, 4) is 0 Å². The summed E-state index contributed by atoms with van der Waals surface area (Å²) < 4.78 is 48.1. The highest BCUT2D eigenvalue weighted by Gasteiger charge is 2.33. The van der Waals surface area contributed by atoms with Gasteiger partial charge in [0.15, 0.2) is 11.6 Å². The Morgan fingerprint density at radius 3 is 2.44 bits per heavy atom. The van der Waals surface area contributed by atoms with Gasteiger partial charge >= 0.3 is 0 Å². The SMILES string of the molecule is COC1CCCCC1CCc1ncnc(N(Cc2ccc(C(C)(F)F)cc2)C2CC2)c1F. The van der Waals surface area contributed by atoms with E-state index in [4.69, 9.17) is 4.74 Å². The number of anilines is 1. The van der Waals surface area contributed by atoms with Crippen molar-refractivity contribution in [3.63, 3.8) is 0 Å². The average Bonchev–Trinajstić information content (AvgIpc) is 3.62. The third-order valence-electron chi connectivity index (χ3n) is 6.81. The van der Waals surface area contributed by atoms with Gasteiger partial charge < -0.3 is 9.64 Å². The Morgan fingerprint density at radius 1 is 1.06 bits per heavy atom. The van der Waals surface area contributed by atoms with Crippen molar-refractivity contribution < 1.29 is 17.9 Å². The lowest BCUT2D eigenvalue weighted by molar-refractivity contribution is 0.0174. The molecule has 0 spiro atoms. The summed E-state index contributed by atoms with van der Waals surface area (Å²) in [4.78, 5) is 10.5. The third-order valence-corrected chi connectivity index (χ3v) is 6.81. The topological polar surface area (TPSA) is 38.3 Å². The molecule has 7 heteroatoms. The molecule has 2 atom stereocenters. The molecule has 2 unspecified atom stereocenters. The van der Waals surface area contributed by atoms with Crippen LogP contribution in [0.15, 0.2) is 30.6 Å². The molecule has 0 radical (unpaired) electrons. The maximum Gasteiger partial charge on any atom is 0.270 e. The molecule has 0 N–H and O–H groups in total. The average molecular weight is 448 g/mol. The van der Waals surface area contributed by atoms with Crippen LogP contribution in [0.4, 0.5) is 19.0 Å². The number of ether oxygens (including phenoxy) is 1. The summed E-state index contributed by atoms with van der Waals surface area (Å²) in [5.41, 5.74) is 1.28. The molecule has 0 saturated heterocycles. The van der Waals surface area contributed by atoms with Gasteiger partial charge in [-0.05, 0) is 50.0 Å². The zero-order valence-corrected chi connectivity index (χ0v) is 18.9. The molecule has 2 saturated carbocycles. The van der Waals surface area contributed by atoms with Crippen LogP contribution >= 0.6 is 0 Å². The largest absolute Gasteiger partial charge is 0.381 e. The van der Waals surface area contributed by atoms with Crippen LogP contribution in [0.1, 0.15) is 68.7 Å². The van der Waals surface area contributed by atoms with Gasteiger partial charge in [0, 0.05) is 32.2 Å². The van der Waals surface area contributed by atoms with Gasteiger partial charge in [0.05, 0.1) is 11.8 Å². The number of hydrogen-bond acceptors (Lipinski definition) is 4. The Bertz CT molecular complexity index is 896. The Hall–Kier alpha value is -2.15. The lowest BCUT2D eigenvalue weighted by Gasteiger charge is -2.30. The van der Waals surface area contributed by atoms with Gasteiger partial charge in [0.2, 0.25) is 0 Å². The van der Waals surface area contributed by atoms with Crippen LogP contribution in [0, 0.1) is 11.7 Å². The maximum atomic E-state index is 15.5. The molecule has 4 rings (SSSR count). The van der Waals surface area contributed by atoms with E-state index in [0.29, 0.717) is 30.4 Å². The number of hydrogen-bond donors (Lipinski definition) is 0. The zero-order valence-electron chi connectivity index (χ0n) is 18.9. The van der Waals surface area contributed by atoms with E-state index in [0.717, 1.165) is 44.6 Å². The molecule has 2 aliphatic rings. The molecule has 1 aromatic carbocycles. The molecule has 32 heavy (non-hydrogen) atoms. The van der Waals surface area contributed by atoms with Crippen molar-refractivity contribution in [3.05, 3.63) is 53.2 Å². The number of benzene rings is 1. The summed E-state index contributed by atoms with van der Waals surface area (Å²) in [6.45, 7) is 1.32. The fourth-order valence-corrected chi connectivity index (χ4v) is 4.77. The lowest BCUT2D eigenvalue weighted by atomic mass is 9.83. The number of aryl methyl sites for hydroxylation is 1. The Labute approximate surface area is 188 Å². The molecular weight excluding hydrogens is 415 g/mol. The first-order valence-electron chi connectivity index (χ1n) is 11.6. The van der Waals surface area contributed by atoms with E-state index in [1.807, 2.05) is 4.90 Å². The summed E-state index contributed by atoms with van der Waals surface area (Å²) in [5, 5.41) is 0. The van der Waals surface area contributed by atoms with Crippen LogP contribution in [-0.4, -0.2) is 29.2 Å². The summed E-state index contributed by atoms with van der Waals surface area (Å²) in [7, 11) is 1.76. The van der Waals surface area contributed by atoms with E-state index in [1.165, 1.54) is 31.3 Å². The summed E-state index contributed by atoms with van der Waals surface area (Å²) >= 11 is 0. The molecular formula is C25H32F3N3O. The van der Waals surface area contributed by atoms with Crippen molar-refractivity contribution in [2.45, 2.75) is 82.9 Å². The molecule has 2 fully saturated rings. The number of rotatable bonds is 9. The van der Waals surface area contributed by atoms with Crippen LogP contribution in [0.3, 0.4) is 0 Å². The van der Waals surface area contributed by atoms with Crippen molar-refractivity contribution in [1.82, 2.24) is 9.97 Å². The minimum atomic E-state index is -2.87. The first-order valence-corrected chi connectivity index (χ1v) is 11.6. The van der Waals surface area contributed by atoms with Crippen molar-refractivity contribution in [1.29, 1.82) is 0 Å². The fraction of sp³-hybridized carbons (Fsp3) is 0.600. The van der Waals surface area contributed by atoms with Crippen LogP contribution in [-0.2, 0) is 23.6 Å². The molecule has 174 valence electrons. The second-order valence-corrected chi connectivity index (χ2v) is 9.26. The van der Waals surface area contributed by atoms with Crippen molar-refractivity contribution >= 4 is 5.82 Å². The normalized spacial score (nSPS) is 21.5. The fourth-order valence-electron chi connectivity index (χ4n) is 4.77. The predicted octanol–water partition coefficient (Wildman–Crippen LogP) is 6.03. The predicted molar refractivity (Wildman–Crippen MR) is 118 cm³/mol. The number of nitrogens with zero attached hydrogens (tertiary/aromatic N) is 3. The lowest BCUT2D eigenvalue weighted by Crippen LogP contribution is -2.28. The van der Waals surface area contributed by atoms with Gasteiger partial charge in [-0.25, -0.2) is 23.1 Å². The van der Waals surface area contributed by atoms with Gasteiger partial charge in [0.25, 0.3) is 5.92 Å². The van der Waals surface area contributed by atoms with Gasteiger partial charge in [-0.1, -0.05) is 37.1 Å². The summed E-state index contributed by atoms with van der Waals surface area (Å²) in [6, 6.07) is 6.49. The number of methoxy groups -OCH3 is 1. The Balaban J connectivity index is 1.48. The molecule has 0 aliphatic heterocycles. The Kier molecular flexibility index (Phi) is 7.03. The highest BCUT2D eigenvalue weighted by Crippen LogP contribution is 2.35. The monoisotopic (exact) mass is 447 g/mol. The van der Waals surface area contributed by atoms with Crippen LogP contribution < -0.4 is 4.90 Å². The van der Waals surface area contributed by atoms with E-state index in [2.05, 4.69) is 9.97 Å². The quantitative estimate of drug-likeness (QED) is 0.470. The van der Waals surface area contributed by atoms with E-state index >= 15 is 4.39 Å². The second-order valence-electron chi connectivity index (χ2n) is 9.26. The summed E-state index contributed by atoms with van der Waals surface area (Å²) in [5.74, 6) is -2.49. The minimum Gasteiger partial charge on any atom is -0.381 e. The van der Waals surface area contributed by atoms with Gasteiger partial charge in [0.1, 0.15) is 6.33 Å². The highest BCUT2D eigenvalue weighted by atomic mass is 19.3. The van der Waals surface area contributed by atoms with E-state index in [1.54, 1.807) is 19.2 Å². The smallest absolute Gasteiger partial charge is 0.270 e. The first-order chi connectivity index (χ1) is 15.4. The maximum absolute atomic E-state index is 15.5. The van der Waals surface area contributed by atoms with Crippen LogP contribution in [0.2, 0.25) is 0 Å². The molecule has 0 bridgehead atoms. The second kappa shape index (κ2) is 9.77. The molecule has 1 aromatic heterocycles. The molecule has 2 aliphatic carbocycles. The Morgan fingerprint density at radius 2 is 1.78 bits per heavy atom. The molecule has 1 heterocycles. The van der Waals surface area contributed by atoms with Gasteiger partial charge in [-0.2, -0.15) is 0 Å². The minimum absolute atomic E-state index is 0.0215. The highest BCUT2D eigenvalue weighted by molar-refractivity contribution is 5.45. The number of alkyl halides is 2. The molecule has 4 nitrogen and oxygen atoms in total. The van der Waals surface area contributed by atoms with Crippen molar-refractivity contribution in [2.24, 2.45) is 5.92 Å². The summed E-state index contributed by atoms with van der Waals surface area (Å²) in [6.07, 6.45) is 9.60. The van der Waals surface area contributed by atoms with Crippen LogP contribution in [0.25, 0.3) is 0 Å². The van der Waals surface area contributed by atoms with Crippen molar-refractivity contribution in [2.75, 3.05) is 12.0 Å². The number of aromatic nitrogens is 2. The van der Waals surface area contributed by atoms with E-state index in [-0.39, 0.29) is 23.5 Å². The number of halogens is 3. The molecule has 2 aromatic rings. The van der Waals surface area contributed by atoms with E-state index in [9.17, 15) is 8.78 Å². The first kappa shape index (κ1) is 23.0. The van der Waals surface area contributed by atoms with Gasteiger partial charge in [-0.3, -0.25) is 0 Å².